The van der Waals surface area contributed by atoms with Crippen molar-refractivity contribution < 1.29 is 4.42 Å². The van der Waals surface area contributed by atoms with Crippen molar-refractivity contribution in [3.05, 3.63) is 35.7 Å². The van der Waals surface area contributed by atoms with E-state index < -0.39 is 0 Å². The van der Waals surface area contributed by atoms with E-state index in [0.717, 1.165) is 6.21 Å². The number of furan rings is 1. The highest BCUT2D eigenvalue weighted by Crippen LogP contribution is 2.22. The van der Waals surface area contributed by atoms with Gasteiger partial charge < -0.3 is 9.83 Å². The number of hydrogen-bond acceptors (Lipinski definition) is 3. The zero-order valence-electron chi connectivity index (χ0n) is 7.25. The molecule has 0 amide bonds. The van der Waals surface area contributed by atoms with Gasteiger partial charge in [0, 0.05) is 17.9 Å². The topological polar surface area (TPSA) is 49.9 Å². The van der Waals surface area contributed by atoms with Crippen LogP contribution in [0.5, 0.6) is 0 Å². The van der Waals surface area contributed by atoms with Crippen LogP contribution in [0.1, 0.15) is 5.76 Å². The number of pyridine rings is 1. The van der Waals surface area contributed by atoms with Gasteiger partial charge in [-0.3, -0.25) is 0 Å². The second kappa shape index (κ2) is 3.27. The Hall–Kier alpha value is -1.61. The summed E-state index contributed by atoms with van der Waals surface area (Å²) in [6.07, 6.45) is 1.14. The van der Waals surface area contributed by atoms with E-state index in [-0.39, 0.29) is 0 Å². The third kappa shape index (κ3) is 1.42. The first kappa shape index (κ1) is 8.97. The summed E-state index contributed by atoms with van der Waals surface area (Å²) < 4.78 is 5.40. The number of fused-ring (bicyclic) bond motifs is 1. The Morgan fingerprint density at radius 2 is 2.36 bits per heavy atom. The molecule has 0 fully saturated rings. The van der Waals surface area contributed by atoms with E-state index in [1.165, 1.54) is 0 Å². The minimum Gasteiger partial charge on any atom is -0.454 e. The fraction of sp³-hybridized carbons (Fsp3) is 0. The molecule has 2 aromatic rings. The highest BCUT2D eigenvalue weighted by atomic mass is 35.5. The molecule has 0 atom stereocenters. The van der Waals surface area contributed by atoms with Gasteiger partial charge in [-0.25, -0.2) is 4.98 Å². The maximum Gasteiger partial charge on any atom is 0.153 e. The van der Waals surface area contributed by atoms with E-state index in [4.69, 9.17) is 21.4 Å². The van der Waals surface area contributed by atoms with E-state index in [1.54, 1.807) is 18.2 Å². The normalized spacial score (nSPS) is 10.4. The molecular formula is C10H7ClN2O. The molecule has 0 radical (unpaired) electrons. The molecule has 14 heavy (non-hydrogen) atoms. The number of nitrogens with zero attached hydrogens (tertiary/aromatic N) is 1. The molecule has 0 saturated heterocycles. The number of rotatable bonds is 2. The van der Waals surface area contributed by atoms with Crippen molar-refractivity contribution >= 4 is 34.5 Å². The molecule has 2 heterocycles. The van der Waals surface area contributed by atoms with E-state index in [0.29, 0.717) is 27.6 Å². The predicted molar refractivity (Wildman–Crippen MR) is 56.8 cm³/mol. The van der Waals surface area contributed by atoms with Crippen molar-refractivity contribution in [2.24, 2.45) is 0 Å². The molecule has 70 valence electrons. The fourth-order valence-electron chi connectivity index (χ4n) is 1.13. The van der Waals surface area contributed by atoms with Crippen LogP contribution in [-0.4, -0.2) is 11.2 Å². The van der Waals surface area contributed by atoms with Crippen LogP contribution >= 0.6 is 11.6 Å². The zero-order valence-corrected chi connectivity index (χ0v) is 8.01. The lowest BCUT2D eigenvalue weighted by atomic mass is 10.2. The summed E-state index contributed by atoms with van der Waals surface area (Å²) >= 11 is 5.72. The number of hydrogen-bond donors (Lipinski definition) is 1. The van der Waals surface area contributed by atoms with Gasteiger partial charge in [0.1, 0.15) is 16.4 Å². The lowest BCUT2D eigenvalue weighted by Gasteiger charge is -1.89. The lowest BCUT2D eigenvalue weighted by molar-refractivity contribution is 0.602. The van der Waals surface area contributed by atoms with Crippen LogP contribution in [-0.2, 0) is 0 Å². The SMILES string of the molecule is C=C(C=N)c1cc2nc(Cl)ccc2o1. The quantitative estimate of drug-likeness (QED) is 0.606. The van der Waals surface area contributed by atoms with Crippen molar-refractivity contribution in [2.75, 3.05) is 0 Å². The molecule has 0 spiro atoms. The van der Waals surface area contributed by atoms with Gasteiger partial charge in [0.2, 0.25) is 0 Å². The Morgan fingerprint density at radius 1 is 1.57 bits per heavy atom. The first-order valence-electron chi connectivity index (χ1n) is 3.96. The third-order valence-corrected chi connectivity index (χ3v) is 2.04. The van der Waals surface area contributed by atoms with Crippen molar-refractivity contribution in [2.45, 2.75) is 0 Å². The van der Waals surface area contributed by atoms with Gasteiger partial charge in [-0.15, -0.1) is 0 Å². The largest absolute Gasteiger partial charge is 0.454 e. The van der Waals surface area contributed by atoms with Gasteiger partial charge in [-0.2, -0.15) is 0 Å². The monoisotopic (exact) mass is 206 g/mol. The van der Waals surface area contributed by atoms with Gasteiger partial charge in [-0.1, -0.05) is 18.2 Å². The lowest BCUT2D eigenvalue weighted by Crippen LogP contribution is -1.76. The molecule has 2 rings (SSSR count). The number of nitrogens with one attached hydrogen (secondary N) is 1. The van der Waals surface area contributed by atoms with Crippen LogP contribution in [0.15, 0.2) is 29.2 Å². The van der Waals surface area contributed by atoms with E-state index in [1.807, 2.05) is 0 Å². The van der Waals surface area contributed by atoms with Crippen LogP contribution in [0.25, 0.3) is 16.7 Å². The smallest absolute Gasteiger partial charge is 0.153 e. The second-order valence-corrected chi connectivity index (χ2v) is 3.18. The molecule has 3 nitrogen and oxygen atoms in total. The summed E-state index contributed by atoms with van der Waals surface area (Å²) in [5.74, 6) is 0.546. The van der Waals surface area contributed by atoms with Crippen LogP contribution < -0.4 is 0 Å². The molecule has 0 aromatic carbocycles. The molecule has 0 aliphatic rings. The van der Waals surface area contributed by atoms with Crippen molar-refractivity contribution in [1.29, 1.82) is 5.41 Å². The molecule has 4 heteroatoms. The minimum atomic E-state index is 0.422. The zero-order chi connectivity index (χ0) is 10.1. The van der Waals surface area contributed by atoms with Gasteiger partial charge in [0.25, 0.3) is 0 Å². The first-order chi connectivity index (χ1) is 6.70. The molecule has 1 N–H and O–H groups in total. The number of allylic oxidation sites excluding steroid dienone is 1. The first-order valence-corrected chi connectivity index (χ1v) is 4.34. The Labute approximate surface area is 85.5 Å². The summed E-state index contributed by atoms with van der Waals surface area (Å²) in [6, 6.07) is 5.12. The Balaban J connectivity index is 2.62. The van der Waals surface area contributed by atoms with Crippen molar-refractivity contribution in [1.82, 2.24) is 4.98 Å². The maximum atomic E-state index is 7.03. The van der Waals surface area contributed by atoms with Crippen LogP contribution in [0, 0.1) is 5.41 Å². The maximum absolute atomic E-state index is 7.03. The summed E-state index contributed by atoms with van der Waals surface area (Å²) in [5, 5.41) is 7.45. The number of aromatic nitrogens is 1. The third-order valence-electron chi connectivity index (χ3n) is 1.83. The average Bonchev–Trinajstić information content (AvgIpc) is 2.59. The molecule has 0 aliphatic heterocycles. The molecular weight excluding hydrogens is 200 g/mol. The highest BCUT2D eigenvalue weighted by Gasteiger charge is 2.06. The summed E-state index contributed by atoms with van der Waals surface area (Å²) in [5.41, 5.74) is 1.84. The number of halogens is 1. The standard InChI is InChI=1S/C10H7ClN2O/c1-6(5-12)9-4-7-8(14-9)2-3-10(11)13-7/h2-5,12H,1H2. The van der Waals surface area contributed by atoms with Gasteiger partial charge >= 0.3 is 0 Å². The van der Waals surface area contributed by atoms with Gasteiger partial charge in [0.15, 0.2) is 5.58 Å². The van der Waals surface area contributed by atoms with Crippen LogP contribution in [0.3, 0.4) is 0 Å². The van der Waals surface area contributed by atoms with E-state index in [2.05, 4.69) is 11.6 Å². The summed E-state index contributed by atoms with van der Waals surface area (Å²) in [4.78, 5) is 4.07. The van der Waals surface area contributed by atoms with E-state index in [9.17, 15) is 0 Å². The molecule has 0 unspecified atom stereocenters. The van der Waals surface area contributed by atoms with Gasteiger partial charge in [-0.05, 0) is 12.1 Å². The van der Waals surface area contributed by atoms with E-state index >= 15 is 0 Å². The molecule has 0 saturated carbocycles. The second-order valence-electron chi connectivity index (χ2n) is 2.80. The summed E-state index contributed by atoms with van der Waals surface area (Å²) in [6.45, 7) is 3.66. The molecule has 0 aliphatic carbocycles. The fourth-order valence-corrected chi connectivity index (χ4v) is 1.28. The average molecular weight is 207 g/mol. The minimum absolute atomic E-state index is 0.422. The van der Waals surface area contributed by atoms with Crippen molar-refractivity contribution in [3.63, 3.8) is 0 Å². The Kier molecular flexibility index (Phi) is 2.09. The Morgan fingerprint density at radius 3 is 3.07 bits per heavy atom. The Bertz CT molecular complexity index is 516. The van der Waals surface area contributed by atoms with Gasteiger partial charge in [0.05, 0.1) is 0 Å². The highest BCUT2D eigenvalue weighted by molar-refractivity contribution is 6.29. The molecule has 0 bridgehead atoms. The summed E-state index contributed by atoms with van der Waals surface area (Å²) in [7, 11) is 0. The molecule has 2 aromatic heterocycles. The van der Waals surface area contributed by atoms with Crippen LogP contribution in [0.4, 0.5) is 0 Å². The van der Waals surface area contributed by atoms with Crippen LogP contribution in [0.2, 0.25) is 5.15 Å². The van der Waals surface area contributed by atoms with Crippen molar-refractivity contribution in [3.8, 4) is 0 Å². The predicted octanol–water partition coefficient (Wildman–Crippen LogP) is 3.14.